The number of aromatic nitrogens is 2. The summed E-state index contributed by atoms with van der Waals surface area (Å²) in [6, 6.07) is 3.65. The van der Waals surface area contributed by atoms with Crippen LogP contribution in [0, 0.1) is 0 Å². The lowest BCUT2D eigenvalue weighted by Gasteiger charge is -2.18. The Hall–Kier alpha value is -0.770. The number of nitrogens with one attached hydrogen (secondary N) is 2. The molecule has 90 valence electrons. The van der Waals surface area contributed by atoms with E-state index in [-0.39, 0.29) is 5.41 Å². The van der Waals surface area contributed by atoms with Crippen LogP contribution in [0.4, 0.5) is 0 Å². The Bertz CT molecular complexity index is 531. The first kappa shape index (κ1) is 11.3. The molecule has 1 aromatic carbocycles. The summed E-state index contributed by atoms with van der Waals surface area (Å²) in [7, 11) is 0. The normalized spacial score (nSPS) is 24.6. The lowest BCUT2D eigenvalue weighted by Crippen LogP contribution is -2.26. The maximum Gasteiger partial charge on any atom is 0.114 e. The number of nitrogens with zero attached hydrogens (tertiary/aromatic N) is 1. The van der Waals surface area contributed by atoms with E-state index in [4.69, 9.17) is 23.2 Å². The highest BCUT2D eigenvalue weighted by atomic mass is 35.5. The zero-order chi connectivity index (χ0) is 12.0. The fourth-order valence-electron chi connectivity index (χ4n) is 2.31. The van der Waals surface area contributed by atoms with E-state index in [2.05, 4.69) is 22.2 Å². The summed E-state index contributed by atoms with van der Waals surface area (Å²) in [6.45, 7) is 4.21. The topological polar surface area (TPSA) is 40.7 Å². The third-order valence-electron chi connectivity index (χ3n) is 3.46. The Morgan fingerprint density at radius 1 is 1.29 bits per heavy atom. The van der Waals surface area contributed by atoms with E-state index in [1.54, 1.807) is 0 Å². The Labute approximate surface area is 110 Å². The van der Waals surface area contributed by atoms with Gasteiger partial charge in [0.05, 0.1) is 21.1 Å². The van der Waals surface area contributed by atoms with E-state index in [0.29, 0.717) is 10.0 Å². The Morgan fingerprint density at radius 3 is 2.76 bits per heavy atom. The van der Waals surface area contributed by atoms with Crippen molar-refractivity contribution in [3.05, 3.63) is 28.0 Å². The summed E-state index contributed by atoms with van der Waals surface area (Å²) >= 11 is 12.0. The van der Waals surface area contributed by atoms with Crippen molar-refractivity contribution < 1.29 is 0 Å². The molecule has 0 bridgehead atoms. The van der Waals surface area contributed by atoms with Crippen molar-refractivity contribution in [1.82, 2.24) is 15.3 Å². The second-order valence-corrected chi connectivity index (χ2v) is 5.67. The molecule has 1 aromatic heterocycles. The molecule has 0 saturated carbocycles. The van der Waals surface area contributed by atoms with Crippen LogP contribution in [-0.2, 0) is 5.41 Å². The van der Waals surface area contributed by atoms with Crippen molar-refractivity contribution in [2.75, 3.05) is 13.1 Å². The first-order chi connectivity index (χ1) is 8.08. The van der Waals surface area contributed by atoms with Gasteiger partial charge in [-0.25, -0.2) is 4.98 Å². The molecular weight excluding hydrogens is 257 g/mol. The highest BCUT2D eigenvalue weighted by Crippen LogP contribution is 2.32. The van der Waals surface area contributed by atoms with Gasteiger partial charge in [0.1, 0.15) is 5.82 Å². The molecule has 1 aliphatic rings. The van der Waals surface area contributed by atoms with Crippen LogP contribution in [0.5, 0.6) is 0 Å². The van der Waals surface area contributed by atoms with E-state index in [9.17, 15) is 0 Å². The number of aromatic amines is 1. The van der Waals surface area contributed by atoms with Crippen LogP contribution in [0.3, 0.4) is 0 Å². The Morgan fingerprint density at radius 2 is 2.06 bits per heavy atom. The zero-order valence-corrected chi connectivity index (χ0v) is 11.0. The van der Waals surface area contributed by atoms with Crippen LogP contribution in [0.2, 0.25) is 10.0 Å². The molecule has 3 nitrogen and oxygen atoms in total. The minimum absolute atomic E-state index is 0.0813. The average molecular weight is 270 g/mol. The highest BCUT2D eigenvalue weighted by Gasteiger charge is 2.33. The molecule has 0 radical (unpaired) electrons. The van der Waals surface area contributed by atoms with E-state index in [1.165, 1.54) is 0 Å². The van der Waals surface area contributed by atoms with Crippen LogP contribution in [0.25, 0.3) is 11.0 Å². The molecule has 1 unspecified atom stereocenters. The predicted octanol–water partition coefficient (Wildman–Crippen LogP) is 3.12. The van der Waals surface area contributed by atoms with E-state index >= 15 is 0 Å². The van der Waals surface area contributed by atoms with E-state index in [0.717, 1.165) is 36.4 Å². The molecule has 5 heteroatoms. The lowest BCUT2D eigenvalue weighted by atomic mass is 9.89. The van der Waals surface area contributed by atoms with Crippen molar-refractivity contribution in [1.29, 1.82) is 0 Å². The van der Waals surface area contributed by atoms with Gasteiger partial charge in [0, 0.05) is 12.0 Å². The minimum Gasteiger partial charge on any atom is -0.341 e. The molecule has 2 heterocycles. The molecule has 17 heavy (non-hydrogen) atoms. The number of imidazole rings is 1. The number of rotatable bonds is 1. The number of benzene rings is 1. The lowest BCUT2D eigenvalue weighted by molar-refractivity contribution is 0.496. The minimum atomic E-state index is 0.0813. The van der Waals surface area contributed by atoms with Gasteiger partial charge in [-0.2, -0.15) is 0 Å². The molecule has 2 N–H and O–H groups in total. The monoisotopic (exact) mass is 269 g/mol. The standard InChI is InChI=1S/C12H13Cl2N3/c1-12(2-3-15-6-12)11-16-9-4-7(13)8(14)5-10(9)17-11/h4-5,15H,2-3,6H2,1H3,(H,16,17). The third-order valence-corrected chi connectivity index (χ3v) is 4.19. The molecule has 1 fully saturated rings. The molecular formula is C12H13Cl2N3. The van der Waals surface area contributed by atoms with Gasteiger partial charge in [-0.3, -0.25) is 0 Å². The number of H-pyrrole nitrogens is 1. The van der Waals surface area contributed by atoms with Crippen LogP contribution in [0.1, 0.15) is 19.2 Å². The molecule has 1 saturated heterocycles. The van der Waals surface area contributed by atoms with Crippen LogP contribution >= 0.6 is 23.2 Å². The van der Waals surface area contributed by atoms with Gasteiger partial charge in [0.15, 0.2) is 0 Å². The van der Waals surface area contributed by atoms with Crippen molar-refractivity contribution in [3.63, 3.8) is 0 Å². The smallest absolute Gasteiger partial charge is 0.114 e. The number of hydrogen-bond donors (Lipinski definition) is 2. The molecule has 3 rings (SSSR count). The summed E-state index contributed by atoms with van der Waals surface area (Å²) in [5, 5.41) is 4.47. The zero-order valence-electron chi connectivity index (χ0n) is 9.48. The summed E-state index contributed by atoms with van der Waals surface area (Å²) in [6.07, 6.45) is 1.09. The van der Waals surface area contributed by atoms with Crippen molar-refractivity contribution in [2.24, 2.45) is 0 Å². The quantitative estimate of drug-likeness (QED) is 0.835. The van der Waals surface area contributed by atoms with Crippen molar-refractivity contribution in [3.8, 4) is 0 Å². The molecule has 0 amide bonds. The largest absolute Gasteiger partial charge is 0.341 e. The molecule has 1 aliphatic heterocycles. The number of hydrogen-bond acceptors (Lipinski definition) is 2. The molecule has 2 aromatic rings. The Kier molecular flexibility index (Phi) is 2.58. The highest BCUT2D eigenvalue weighted by molar-refractivity contribution is 6.42. The van der Waals surface area contributed by atoms with Gasteiger partial charge < -0.3 is 10.3 Å². The second kappa shape index (κ2) is 3.87. The van der Waals surface area contributed by atoms with Crippen LogP contribution in [-0.4, -0.2) is 23.1 Å². The van der Waals surface area contributed by atoms with Crippen molar-refractivity contribution in [2.45, 2.75) is 18.8 Å². The Balaban J connectivity index is 2.13. The molecule has 0 spiro atoms. The maximum atomic E-state index is 6.00. The summed E-state index contributed by atoms with van der Waals surface area (Å²) in [5.74, 6) is 1.01. The fraction of sp³-hybridized carbons (Fsp3) is 0.417. The fourth-order valence-corrected chi connectivity index (χ4v) is 2.63. The van der Waals surface area contributed by atoms with Crippen molar-refractivity contribution >= 4 is 34.2 Å². The average Bonchev–Trinajstić information content (AvgIpc) is 2.87. The SMILES string of the molecule is CC1(c2nc3cc(Cl)c(Cl)cc3[nH]2)CCNC1. The van der Waals surface area contributed by atoms with Crippen LogP contribution in [0.15, 0.2) is 12.1 Å². The van der Waals surface area contributed by atoms with E-state index < -0.39 is 0 Å². The predicted molar refractivity (Wildman–Crippen MR) is 71.0 cm³/mol. The molecule has 1 atom stereocenters. The first-order valence-corrected chi connectivity index (χ1v) is 6.40. The number of halogens is 2. The van der Waals surface area contributed by atoms with Gasteiger partial charge >= 0.3 is 0 Å². The van der Waals surface area contributed by atoms with Gasteiger partial charge in [-0.15, -0.1) is 0 Å². The van der Waals surface area contributed by atoms with E-state index in [1.807, 2.05) is 12.1 Å². The van der Waals surface area contributed by atoms with Gasteiger partial charge in [0.2, 0.25) is 0 Å². The summed E-state index contributed by atoms with van der Waals surface area (Å²) in [5.41, 5.74) is 1.91. The molecule has 0 aliphatic carbocycles. The van der Waals surface area contributed by atoms with Gasteiger partial charge in [0.25, 0.3) is 0 Å². The maximum absolute atomic E-state index is 6.00. The second-order valence-electron chi connectivity index (χ2n) is 4.86. The first-order valence-electron chi connectivity index (χ1n) is 5.64. The number of fused-ring (bicyclic) bond motifs is 1. The van der Waals surface area contributed by atoms with Gasteiger partial charge in [-0.1, -0.05) is 30.1 Å². The van der Waals surface area contributed by atoms with Gasteiger partial charge in [-0.05, 0) is 25.1 Å². The summed E-state index contributed by atoms with van der Waals surface area (Å²) in [4.78, 5) is 7.98. The summed E-state index contributed by atoms with van der Waals surface area (Å²) < 4.78 is 0. The third kappa shape index (κ3) is 1.82. The van der Waals surface area contributed by atoms with Crippen LogP contribution < -0.4 is 5.32 Å².